The lowest BCUT2D eigenvalue weighted by atomic mass is 10.1. The molecule has 1 heterocycles. The molecule has 0 fully saturated rings. The maximum Gasteiger partial charge on any atom is 0.113 e. The van der Waals surface area contributed by atoms with Crippen molar-refractivity contribution in [1.82, 2.24) is 10.3 Å². The molecule has 0 aliphatic heterocycles. The van der Waals surface area contributed by atoms with Gasteiger partial charge in [0.1, 0.15) is 9.34 Å². The Morgan fingerprint density at radius 3 is 3.07 bits per heavy atom. The topological polar surface area (TPSA) is 45.1 Å². The molecule has 3 nitrogen and oxygen atoms in total. The van der Waals surface area contributed by atoms with Gasteiger partial charge in [-0.15, -0.1) is 11.3 Å². The van der Waals surface area contributed by atoms with Gasteiger partial charge in [0.05, 0.1) is 6.20 Å². The maximum absolute atomic E-state index is 8.83. The predicted molar refractivity (Wildman–Crippen MR) is 64.3 cm³/mol. The number of nitrogens with zero attached hydrogens (tertiary/aromatic N) is 1. The van der Waals surface area contributed by atoms with Crippen molar-refractivity contribution in [3.8, 4) is 0 Å². The number of hydrogen-bond acceptors (Lipinski definition) is 4. The van der Waals surface area contributed by atoms with E-state index >= 15 is 0 Å². The molecule has 86 valence electrons. The maximum atomic E-state index is 8.83. The van der Waals surface area contributed by atoms with Crippen molar-refractivity contribution in [1.29, 1.82) is 0 Å². The average molecular weight is 249 g/mol. The molecule has 1 aromatic heterocycles. The Labute approximate surface area is 99.5 Å². The van der Waals surface area contributed by atoms with Crippen LogP contribution in [0.25, 0.3) is 0 Å². The first-order valence-electron chi connectivity index (χ1n) is 5.14. The molecule has 0 aromatic carbocycles. The van der Waals surface area contributed by atoms with Gasteiger partial charge in [-0.2, -0.15) is 0 Å². The van der Waals surface area contributed by atoms with Crippen molar-refractivity contribution >= 4 is 22.9 Å². The van der Waals surface area contributed by atoms with Gasteiger partial charge in [-0.1, -0.05) is 18.5 Å². The van der Waals surface area contributed by atoms with Crippen molar-refractivity contribution in [2.24, 2.45) is 5.92 Å². The van der Waals surface area contributed by atoms with E-state index in [9.17, 15) is 0 Å². The summed E-state index contributed by atoms with van der Waals surface area (Å²) >= 11 is 7.27. The highest BCUT2D eigenvalue weighted by atomic mass is 35.5. The quantitative estimate of drug-likeness (QED) is 0.728. The summed E-state index contributed by atoms with van der Waals surface area (Å²) in [5.74, 6) is 0.404. The van der Waals surface area contributed by atoms with Crippen LogP contribution in [-0.2, 0) is 6.54 Å². The summed E-state index contributed by atoms with van der Waals surface area (Å²) in [6.07, 6.45) is 3.82. The van der Waals surface area contributed by atoms with Crippen molar-refractivity contribution in [3.63, 3.8) is 0 Å². The minimum absolute atomic E-state index is 0.280. The second kappa shape index (κ2) is 7.17. The van der Waals surface area contributed by atoms with E-state index < -0.39 is 0 Å². The number of aliphatic hydroxyl groups is 1. The SMILES string of the molecule is CC(CO)CCCNCc1ncc(Cl)s1. The predicted octanol–water partition coefficient (Wildman–Crippen LogP) is 2.29. The van der Waals surface area contributed by atoms with E-state index in [2.05, 4.69) is 17.2 Å². The summed E-state index contributed by atoms with van der Waals surface area (Å²) in [6.45, 7) is 4.08. The van der Waals surface area contributed by atoms with Gasteiger partial charge < -0.3 is 10.4 Å². The summed E-state index contributed by atoms with van der Waals surface area (Å²) in [5.41, 5.74) is 0. The van der Waals surface area contributed by atoms with Gasteiger partial charge in [-0.3, -0.25) is 0 Å². The van der Waals surface area contributed by atoms with E-state index in [-0.39, 0.29) is 6.61 Å². The van der Waals surface area contributed by atoms with Gasteiger partial charge in [-0.25, -0.2) is 4.98 Å². The van der Waals surface area contributed by atoms with Crippen LogP contribution in [0.2, 0.25) is 4.34 Å². The summed E-state index contributed by atoms with van der Waals surface area (Å²) in [5, 5.41) is 13.2. The Morgan fingerprint density at radius 2 is 2.47 bits per heavy atom. The molecule has 2 N–H and O–H groups in total. The van der Waals surface area contributed by atoms with Crippen molar-refractivity contribution in [2.45, 2.75) is 26.3 Å². The zero-order chi connectivity index (χ0) is 11.1. The molecule has 1 rings (SSSR count). The van der Waals surface area contributed by atoms with E-state index in [0.29, 0.717) is 5.92 Å². The molecular weight excluding hydrogens is 232 g/mol. The van der Waals surface area contributed by atoms with Gasteiger partial charge in [0, 0.05) is 13.2 Å². The van der Waals surface area contributed by atoms with E-state index in [1.165, 1.54) is 11.3 Å². The molecule has 0 saturated carbocycles. The van der Waals surface area contributed by atoms with E-state index in [1.807, 2.05) is 0 Å². The molecule has 0 saturated heterocycles. The van der Waals surface area contributed by atoms with E-state index in [0.717, 1.165) is 35.3 Å². The highest BCUT2D eigenvalue weighted by molar-refractivity contribution is 7.15. The standard InChI is InChI=1S/C10H17ClN2OS/c1-8(7-14)3-2-4-12-6-10-13-5-9(11)15-10/h5,8,12,14H,2-4,6-7H2,1H3. The zero-order valence-electron chi connectivity index (χ0n) is 8.87. The van der Waals surface area contributed by atoms with Gasteiger partial charge in [-0.05, 0) is 25.3 Å². The Morgan fingerprint density at radius 1 is 1.67 bits per heavy atom. The lowest BCUT2D eigenvalue weighted by molar-refractivity contribution is 0.228. The Balaban J connectivity index is 2.02. The number of aromatic nitrogens is 1. The van der Waals surface area contributed by atoms with Crippen LogP contribution in [0, 0.1) is 5.92 Å². The lowest BCUT2D eigenvalue weighted by Gasteiger charge is -2.07. The van der Waals surface area contributed by atoms with Gasteiger partial charge in [0.25, 0.3) is 0 Å². The largest absolute Gasteiger partial charge is 0.396 e. The highest BCUT2D eigenvalue weighted by Gasteiger charge is 2.00. The Kier molecular flexibility index (Phi) is 6.17. The summed E-state index contributed by atoms with van der Waals surface area (Å²) < 4.78 is 0.737. The number of halogens is 1. The molecule has 0 amide bonds. The molecule has 1 atom stereocenters. The van der Waals surface area contributed by atoms with Gasteiger partial charge in [0.15, 0.2) is 0 Å². The normalized spacial score (nSPS) is 13.0. The molecule has 15 heavy (non-hydrogen) atoms. The Hall–Kier alpha value is -0.160. The molecule has 0 aliphatic carbocycles. The second-order valence-electron chi connectivity index (χ2n) is 3.66. The molecule has 0 aliphatic rings. The third-order valence-corrected chi connectivity index (χ3v) is 3.28. The van der Waals surface area contributed by atoms with Crippen molar-refractivity contribution < 1.29 is 5.11 Å². The zero-order valence-corrected chi connectivity index (χ0v) is 10.4. The van der Waals surface area contributed by atoms with Crippen molar-refractivity contribution in [3.05, 3.63) is 15.5 Å². The van der Waals surface area contributed by atoms with Crippen LogP contribution in [0.4, 0.5) is 0 Å². The molecule has 1 unspecified atom stereocenters. The monoisotopic (exact) mass is 248 g/mol. The summed E-state index contributed by atoms with van der Waals surface area (Å²) in [6, 6.07) is 0. The first-order valence-corrected chi connectivity index (χ1v) is 6.33. The number of nitrogens with one attached hydrogen (secondary N) is 1. The second-order valence-corrected chi connectivity index (χ2v) is 5.41. The average Bonchev–Trinajstić information content (AvgIpc) is 2.63. The summed E-state index contributed by atoms with van der Waals surface area (Å²) in [7, 11) is 0. The fraction of sp³-hybridized carbons (Fsp3) is 0.700. The van der Waals surface area contributed by atoms with Gasteiger partial charge >= 0.3 is 0 Å². The molecule has 0 radical (unpaired) electrons. The lowest BCUT2D eigenvalue weighted by Crippen LogP contribution is -2.15. The van der Waals surface area contributed by atoms with Crippen LogP contribution in [0.1, 0.15) is 24.8 Å². The first kappa shape index (κ1) is 12.9. The molecular formula is C10H17ClN2OS. The van der Waals surface area contributed by atoms with Gasteiger partial charge in [0.2, 0.25) is 0 Å². The molecule has 0 bridgehead atoms. The van der Waals surface area contributed by atoms with Crippen LogP contribution in [0.15, 0.2) is 6.20 Å². The van der Waals surface area contributed by atoms with E-state index in [1.54, 1.807) is 6.20 Å². The minimum atomic E-state index is 0.280. The van der Waals surface area contributed by atoms with Crippen LogP contribution in [0.3, 0.4) is 0 Å². The molecule has 0 spiro atoms. The number of thiazole rings is 1. The third-order valence-electron chi connectivity index (χ3n) is 2.16. The van der Waals surface area contributed by atoms with Crippen LogP contribution < -0.4 is 5.32 Å². The fourth-order valence-electron chi connectivity index (χ4n) is 1.23. The van der Waals surface area contributed by atoms with Crippen LogP contribution in [-0.4, -0.2) is 23.2 Å². The highest BCUT2D eigenvalue weighted by Crippen LogP contribution is 2.17. The summed E-state index contributed by atoms with van der Waals surface area (Å²) in [4.78, 5) is 4.15. The molecule has 1 aromatic rings. The molecule has 5 heteroatoms. The van der Waals surface area contributed by atoms with Crippen LogP contribution in [0.5, 0.6) is 0 Å². The smallest absolute Gasteiger partial charge is 0.113 e. The number of hydrogen-bond donors (Lipinski definition) is 2. The van der Waals surface area contributed by atoms with E-state index in [4.69, 9.17) is 16.7 Å². The van der Waals surface area contributed by atoms with Crippen LogP contribution >= 0.6 is 22.9 Å². The number of rotatable bonds is 7. The fourth-order valence-corrected chi connectivity index (χ4v) is 2.16. The minimum Gasteiger partial charge on any atom is -0.396 e. The van der Waals surface area contributed by atoms with Crippen molar-refractivity contribution in [2.75, 3.05) is 13.2 Å². The number of aliphatic hydroxyl groups excluding tert-OH is 1. The Bertz CT molecular complexity index is 280. The first-order chi connectivity index (χ1) is 7.22. The third kappa shape index (κ3) is 5.47.